The topological polar surface area (TPSA) is 61.1 Å². The lowest BCUT2D eigenvalue weighted by Crippen LogP contribution is -1.82. The fourth-order valence-electron chi connectivity index (χ4n) is 0.718. The second-order valence-corrected chi connectivity index (χ2v) is 2.00. The summed E-state index contributed by atoms with van der Waals surface area (Å²) in [6, 6.07) is 5.96. The molecule has 0 saturated heterocycles. The van der Waals surface area contributed by atoms with E-state index in [1.54, 1.807) is 0 Å². The van der Waals surface area contributed by atoms with Crippen molar-refractivity contribution in [1.82, 2.24) is 0 Å². The van der Waals surface area contributed by atoms with E-state index in [-0.39, 0.29) is 11.3 Å². The molecule has 11 heavy (non-hydrogen) atoms. The first-order valence-corrected chi connectivity index (χ1v) is 2.96. The molecule has 0 aliphatic carbocycles. The Kier molecular flexibility index (Phi) is 1.88. The van der Waals surface area contributed by atoms with Crippen LogP contribution in [0.3, 0.4) is 0 Å². The molecule has 0 heterocycles. The van der Waals surface area contributed by atoms with E-state index in [0.717, 1.165) is 0 Å². The number of phenolic OH excluding ortho intramolecular Hbond substituents is 1. The Bertz CT molecular complexity index is 325. The molecule has 1 aromatic rings. The predicted octanol–water partition coefficient (Wildman–Crippen LogP) is 1.08. The van der Waals surface area contributed by atoms with Crippen LogP contribution in [0.15, 0.2) is 18.2 Å². The highest BCUT2D eigenvalue weighted by atomic mass is 16.3. The molecular weight excluding hydrogens is 142 g/mol. The molecule has 0 aliphatic rings. The first-order valence-electron chi connectivity index (χ1n) is 2.96. The van der Waals surface area contributed by atoms with E-state index in [4.69, 9.17) is 10.4 Å². The molecule has 54 valence electrons. The highest BCUT2D eigenvalue weighted by Gasteiger charge is 1.99. The largest absolute Gasteiger partial charge is 0.507 e. The summed E-state index contributed by atoms with van der Waals surface area (Å²) in [5.74, 6) is -0.0981. The van der Waals surface area contributed by atoms with Crippen molar-refractivity contribution < 1.29 is 9.90 Å². The van der Waals surface area contributed by atoms with Crippen LogP contribution in [0.4, 0.5) is 0 Å². The Labute approximate surface area is 63.5 Å². The highest BCUT2D eigenvalue weighted by Crippen LogP contribution is 2.15. The molecule has 3 heteroatoms. The summed E-state index contributed by atoms with van der Waals surface area (Å²) in [6.07, 6.45) is 0.510. The van der Waals surface area contributed by atoms with Crippen molar-refractivity contribution in [2.45, 2.75) is 0 Å². The van der Waals surface area contributed by atoms with Gasteiger partial charge in [0.05, 0.1) is 17.2 Å². The third-order valence-corrected chi connectivity index (χ3v) is 1.28. The first kappa shape index (κ1) is 7.29. The number of aldehydes is 1. The second kappa shape index (κ2) is 2.84. The lowest BCUT2D eigenvalue weighted by atomic mass is 10.1. The van der Waals surface area contributed by atoms with Crippen LogP contribution in [-0.4, -0.2) is 11.4 Å². The SMILES string of the molecule is N#Cc1ccc(O)c(C=O)c1. The summed E-state index contributed by atoms with van der Waals surface area (Å²) in [6.45, 7) is 0. The van der Waals surface area contributed by atoms with E-state index in [9.17, 15) is 4.79 Å². The molecule has 1 aromatic carbocycles. The summed E-state index contributed by atoms with van der Waals surface area (Å²) in [5, 5.41) is 17.4. The molecule has 0 unspecified atom stereocenters. The van der Waals surface area contributed by atoms with Crippen molar-refractivity contribution in [3.63, 3.8) is 0 Å². The molecule has 1 N–H and O–H groups in total. The fourth-order valence-corrected chi connectivity index (χ4v) is 0.718. The van der Waals surface area contributed by atoms with E-state index in [1.165, 1.54) is 18.2 Å². The van der Waals surface area contributed by atoms with Crippen LogP contribution in [-0.2, 0) is 0 Å². The maximum Gasteiger partial charge on any atom is 0.153 e. The molecule has 0 atom stereocenters. The summed E-state index contributed by atoms with van der Waals surface area (Å²) in [5.41, 5.74) is 0.508. The van der Waals surface area contributed by atoms with Crippen molar-refractivity contribution in [3.8, 4) is 11.8 Å². The average molecular weight is 147 g/mol. The maximum absolute atomic E-state index is 10.2. The number of hydrogen-bond donors (Lipinski definition) is 1. The number of nitrogens with zero attached hydrogens (tertiary/aromatic N) is 1. The molecule has 0 amide bonds. The van der Waals surface area contributed by atoms with Gasteiger partial charge in [-0.3, -0.25) is 4.79 Å². The zero-order chi connectivity index (χ0) is 8.27. The molecule has 3 nitrogen and oxygen atoms in total. The van der Waals surface area contributed by atoms with E-state index in [0.29, 0.717) is 11.8 Å². The van der Waals surface area contributed by atoms with E-state index < -0.39 is 0 Å². The molecule has 1 rings (SSSR count). The molecule has 0 spiro atoms. The number of carbonyl (C=O) groups is 1. The number of hydrogen-bond acceptors (Lipinski definition) is 3. The minimum Gasteiger partial charge on any atom is -0.507 e. The van der Waals surface area contributed by atoms with E-state index >= 15 is 0 Å². The lowest BCUT2D eigenvalue weighted by molar-refractivity contribution is 0.112. The van der Waals surface area contributed by atoms with E-state index in [1.807, 2.05) is 6.07 Å². The van der Waals surface area contributed by atoms with Gasteiger partial charge in [0.2, 0.25) is 0 Å². The maximum atomic E-state index is 10.2. The van der Waals surface area contributed by atoms with Crippen molar-refractivity contribution in [2.24, 2.45) is 0 Å². The van der Waals surface area contributed by atoms with Crippen LogP contribution in [0.2, 0.25) is 0 Å². The zero-order valence-electron chi connectivity index (χ0n) is 5.61. The Morgan fingerprint density at radius 2 is 2.27 bits per heavy atom. The van der Waals surface area contributed by atoms with E-state index in [2.05, 4.69) is 0 Å². The Hall–Kier alpha value is -1.82. The molecule has 0 aromatic heterocycles. The number of phenols is 1. The Morgan fingerprint density at radius 1 is 1.55 bits per heavy atom. The standard InChI is InChI=1S/C8H5NO2/c9-4-6-1-2-8(11)7(3-6)5-10/h1-3,5,11H. The van der Waals surface area contributed by atoms with Crippen LogP contribution in [0, 0.1) is 11.3 Å². The van der Waals surface area contributed by atoms with Gasteiger partial charge < -0.3 is 5.11 Å². The Balaban J connectivity index is 3.25. The fraction of sp³-hybridized carbons (Fsp3) is 0. The molecule has 0 aliphatic heterocycles. The predicted molar refractivity (Wildman–Crippen MR) is 38.2 cm³/mol. The van der Waals surface area contributed by atoms with Gasteiger partial charge in [-0.15, -0.1) is 0 Å². The van der Waals surface area contributed by atoms with Crippen molar-refractivity contribution in [3.05, 3.63) is 29.3 Å². The van der Waals surface area contributed by atoms with Crippen molar-refractivity contribution >= 4 is 6.29 Å². The van der Waals surface area contributed by atoms with Crippen LogP contribution in [0.25, 0.3) is 0 Å². The van der Waals surface area contributed by atoms with Crippen molar-refractivity contribution in [1.29, 1.82) is 5.26 Å². The second-order valence-electron chi connectivity index (χ2n) is 2.00. The van der Waals surface area contributed by atoms with Gasteiger partial charge in [0.15, 0.2) is 6.29 Å². The minimum atomic E-state index is -0.0981. The molecule has 0 fully saturated rings. The van der Waals surface area contributed by atoms with Gasteiger partial charge in [-0.2, -0.15) is 5.26 Å². The highest BCUT2D eigenvalue weighted by molar-refractivity contribution is 5.79. The molecule has 0 radical (unpaired) electrons. The van der Waals surface area contributed by atoms with Gasteiger partial charge >= 0.3 is 0 Å². The number of nitriles is 1. The lowest BCUT2D eigenvalue weighted by Gasteiger charge is -1.94. The average Bonchev–Trinajstić information content (AvgIpc) is 2.05. The van der Waals surface area contributed by atoms with Crippen LogP contribution < -0.4 is 0 Å². The minimum absolute atomic E-state index is 0.0981. The third-order valence-electron chi connectivity index (χ3n) is 1.28. The summed E-state index contributed by atoms with van der Waals surface area (Å²) >= 11 is 0. The summed E-state index contributed by atoms with van der Waals surface area (Å²) in [4.78, 5) is 10.2. The van der Waals surface area contributed by atoms with Gasteiger partial charge in [0.1, 0.15) is 5.75 Å². The van der Waals surface area contributed by atoms with Gasteiger partial charge in [0, 0.05) is 0 Å². The first-order chi connectivity index (χ1) is 5.27. The molecule has 0 bridgehead atoms. The van der Waals surface area contributed by atoms with Crippen LogP contribution in [0.5, 0.6) is 5.75 Å². The summed E-state index contributed by atoms with van der Waals surface area (Å²) in [7, 11) is 0. The third kappa shape index (κ3) is 1.36. The van der Waals surface area contributed by atoms with Gasteiger partial charge in [-0.25, -0.2) is 0 Å². The van der Waals surface area contributed by atoms with Gasteiger partial charge in [0.25, 0.3) is 0 Å². The monoisotopic (exact) mass is 147 g/mol. The number of rotatable bonds is 1. The summed E-state index contributed by atoms with van der Waals surface area (Å²) < 4.78 is 0. The normalized spacial score (nSPS) is 8.64. The van der Waals surface area contributed by atoms with Gasteiger partial charge in [-0.1, -0.05) is 0 Å². The molecular formula is C8H5NO2. The van der Waals surface area contributed by atoms with Crippen LogP contribution >= 0.6 is 0 Å². The van der Waals surface area contributed by atoms with Crippen molar-refractivity contribution in [2.75, 3.05) is 0 Å². The smallest absolute Gasteiger partial charge is 0.153 e. The number of benzene rings is 1. The number of aromatic hydroxyl groups is 1. The van der Waals surface area contributed by atoms with Crippen LogP contribution in [0.1, 0.15) is 15.9 Å². The zero-order valence-corrected chi connectivity index (χ0v) is 5.61. The van der Waals surface area contributed by atoms with Gasteiger partial charge in [-0.05, 0) is 18.2 Å². The quantitative estimate of drug-likeness (QED) is 0.604. The number of carbonyl (C=O) groups excluding carboxylic acids is 1. The Morgan fingerprint density at radius 3 is 2.82 bits per heavy atom. The molecule has 0 saturated carbocycles.